The second-order valence-electron chi connectivity index (χ2n) is 15.7. The Morgan fingerprint density at radius 3 is 1.79 bits per heavy atom. The zero-order chi connectivity index (χ0) is 38.1. The van der Waals surface area contributed by atoms with Crippen LogP contribution in [-0.2, 0) is 5.41 Å². The van der Waals surface area contributed by atoms with Gasteiger partial charge in [0.15, 0.2) is 5.58 Å². The summed E-state index contributed by atoms with van der Waals surface area (Å²) in [5, 5.41) is 4.61. The molecule has 0 saturated carbocycles. The highest BCUT2D eigenvalue weighted by Crippen LogP contribution is 2.53. The van der Waals surface area contributed by atoms with E-state index in [0.29, 0.717) is 0 Å². The van der Waals surface area contributed by atoms with Crippen LogP contribution in [0.1, 0.15) is 25.0 Å². The maximum Gasteiger partial charge on any atom is 0.159 e. The Morgan fingerprint density at radius 1 is 0.386 bits per heavy atom. The molecule has 1 aromatic heterocycles. The van der Waals surface area contributed by atoms with Crippen LogP contribution < -0.4 is 4.90 Å². The molecular weight excluding hydrogens is 691 g/mol. The zero-order valence-corrected chi connectivity index (χ0v) is 31.9. The summed E-state index contributed by atoms with van der Waals surface area (Å²) < 4.78 is 7.28. The Labute approximate surface area is 332 Å². The van der Waals surface area contributed by atoms with Crippen molar-refractivity contribution >= 4 is 49.8 Å². The molecule has 9 aromatic carbocycles. The first-order chi connectivity index (χ1) is 28.0. The van der Waals surface area contributed by atoms with Crippen LogP contribution in [0.4, 0.5) is 17.1 Å². The van der Waals surface area contributed by atoms with E-state index < -0.39 is 0 Å². The minimum absolute atomic E-state index is 0.165. The fourth-order valence-corrected chi connectivity index (χ4v) is 9.27. The highest BCUT2D eigenvalue weighted by atomic mass is 16.3. The molecule has 0 bridgehead atoms. The van der Waals surface area contributed by atoms with E-state index in [0.717, 1.165) is 61.3 Å². The number of hydrogen-bond donors (Lipinski definition) is 0. The summed E-state index contributed by atoms with van der Waals surface area (Å²) in [6.45, 7) is 4.71. The van der Waals surface area contributed by atoms with Crippen LogP contribution in [-0.4, -0.2) is 0 Å². The molecule has 1 aliphatic rings. The third kappa shape index (κ3) is 5.25. The lowest BCUT2D eigenvalue weighted by molar-refractivity contribution is 0.660. The minimum Gasteiger partial charge on any atom is -0.453 e. The Bertz CT molecular complexity index is 3140. The number of furan rings is 1. The van der Waals surface area contributed by atoms with Crippen molar-refractivity contribution in [1.29, 1.82) is 0 Å². The summed E-state index contributed by atoms with van der Waals surface area (Å²) in [7, 11) is 0. The van der Waals surface area contributed by atoms with Crippen LogP contribution in [0.15, 0.2) is 205 Å². The van der Waals surface area contributed by atoms with Crippen LogP contribution in [0.5, 0.6) is 0 Å². The standard InChI is InChI=1S/C55H39NO/c1-55(2)48-27-15-14-25-43(48)44-31-30-41(35-49(44)55)56(50-32-29-39(36-17-6-3-7-18-36)33-46(50)37-19-8-4-9-20-37)51-28-16-26-45-52-42-24-13-12-23-40(42)34-47(54(52)57-53(45)51)38-21-10-5-11-22-38/h3-35H,1-2H3. The first kappa shape index (κ1) is 33.2. The van der Waals surface area contributed by atoms with E-state index in [2.05, 4.69) is 219 Å². The van der Waals surface area contributed by atoms with Gasteiger partial charge in [-0.2, -0.15) is 0 Å². The van der Waals surface area contributed by atoms with Gasteiger partial charge >= 0.3 is 0 Å². The number of para-hydroxylation sites is 1. The van der Waals surface area contributed by atoms with Crippen molar-refractivity contribution in [3.8, 4) is 44.5 Å². The normalized spacial score (nSPS) is 12.9. The molecule has 0 fully saturated rings. The summed E-state index contributed by atoms with van der Waals surface area (Å²) >= 11 is 0. The van der Waals surface area contributed by atoms with E-state index in [1.165, 1.54) is 44.2 Å². The van der Waals surface area contributed by atoms with Gasteiger partial charge in [-0.25, -0.2) is 0 Å². The van der Waals surface area contributed by atoms with Gasteiger partial charge in [0, 0.05) is 33.0 Å². The van der Waals surface area contributed by atoms with Gasteiger partial charge in [-0.3, -0.25) is 0 Å². The Kier molecular flexibility index (Phi) is 7.55. The van der Waals surface area contributed by atoms with E-state index in [-0.39, 0.29) is 5.41 Å². The summed E-state index contributed by atoms with van der Waals surface area (Å²) in [5.74, 6) is 0. The summed E-state index contributed by atoms with van der Waals surface area (Å²) in [4.78, 5) is 2.44. The van der Waals surface area contributed by atoms with E-state index in [4.69, 9.17) is 4.42 Å². The van der Waals surface area contributed by atoms with E-state index >= 15 is 0 Å². The molecular formula is C55H39NO. The van der Waals surface area contributed by atoms with Crippen molar-refractivity contribution in [2.24, 2.45) is 0 Å². The van der Waals surface area contributed by atoms with Crippen molar-refractivity contribution in [1.82, 2.24) is 0 Å². The summed E-state index contributed by atoms with van der Waals surface area (Å²) in [6.07, 6.45) is 0. The molecule has 2 heteroatoms. The second kappa shape index (κ2) is 13.0. The molecule has 0 N–H and O–H groups in total. The molecule has 1 heterocycles. The SMILES string of the molecule is CC1(C)c2ccccc2-c2ccc(N(c3ccc(-c4ccccc4)cc3-c3ccccc3)c3cccc4c3oc3c(-c5ccccc5)cc5ccccc5c34)cc21. The smallest absolute Gasteiger partial charge is 0.159 e. The van der Waals surface area contributed by atoms with Gasteiger partial charge < -0.3 is 9.32 Å². The van der Waals surface area contributed by atoms with Crippen molar-refractivity contribution in [2.45, 2.75) is 19.3 Å². The van der Waals surface area contributed by atoms with Crippen LogP contribution in [0.25, 0.3) is 77.2 Å². The number of anilines is 3. The van der Waals surface area contributed by atoms with Gasteiger partial charge in [0.05, 0.1) is 11.4 Å². The van der Waals surface area contributed by atoms with E-state index in [1.807, 2.05) is 0 Å². The molecule has 0 spiro atoms. The average molecular weight is 730 g/mol. The minimum atomic E-state index is -0.165. The number of hydrogen-bond acceptors (Lipinski definition) is 2. The highest BCUT2D eigenvalue weighted by Gasteiger charge is 2.36. The fourth-order valence-electron chi connectivity index (χ4n) is 9.27. The van der Waals surface area contributed by atoms with Gasteiger partial charge in [-0.15, -0.1) is 0 Å². The summed E-state index contributed by atoms with van der Waals surface area (Å²) in [6, 6.07) is 72.5. The molecule has 57 heavy (non-hydrogen) atoms. The predicted molar refractivity (Wildman–Crippen MR) is 240 cm³/mol. The first-order valence-corrected chi connectivity index (χ1v) is 19.8. The molecule has 0 unspecified atom stereocenters. The maximum atomic E-state index is 7.28. The molecule has 2 nitrogen and oxygen atoms in total. The average Bonchev–Trinajstić information content (AvgIpc) is 3.78. The van der Waals surface area contributed by atoms with Crippen LogP contribution in [0.2, 0.25) is 0 Å². The van der Waals surface area contributed by atoms with Gasteiger partial charge in [0.2, 0.25) is 0 Å². The van der Waals surface area contributed by atoms with Gasteiger partial charge in [0.1, 0.15) is 5.58 Å². The molecule has 0 atom stereocenters. The predicted octanol–water partition coefficient (Wildman–Crippen LogP) is 15.5. The van der Waals surface area contributed by atoms with E-state index in [9.17, 15) is 0 Å². The number of nitrogens with zero attached hydrogens (tertiary/aromatic N) is 1. The van der Waals surface area contributed by atoms with Gasteiger partial charge in [0.25, 0.3) is 0 Å². The third-order valence-electron chi connectivity index (χ3n) is 12.0. The Balaban J connectivity index is 1.23. The number of rotatable bonds is 6. The fraction of sp³-hybridized carbons (Fsp3) is 0.0545. The molecule has 0 amide bonds. The molecule has 0 saturated heterocycles. The van der Waals surface area contributed by atoms with Crippen LogP contribution in [0, 0.1) is 0 Å². The molecule has 11 rings (SSSR count). The number of benzene rings is 9. The van der Waals surface area contributed by atoms with Gasteiger partial charge in [-0.05, 0) is 91.7 Å². The topological polar surface area (TPSA) is 16.4 Å². The third-order valence-corrected chi connectivity index (χ3v) is 12.0. The van der Waals surface area contributed by atoms with Crippen molar-refractivity contribution in [2.75, 3.05) is 4.90 Å². The molecule has 0 aliphatic heterocycles. The first-order valence-electron chi connectivity index (χ1n) is 19.8. The van der Waals surface area contributed by atoms with Crippen LogP contribution in [0.3, 0.4) is 0 Å². The monoisotopic (exact) mass is 729 g/mol. The molecule has 270 valence electrons. The maximum absolute atomic E-state index is 7.28. The molecule has 10 aromatic rings. The molecule has 1 aliphatic carbocycles. The quantitative estimate of drug-likeness (QED) is 0.169. The lowest BCUT2D eigenvalue weighted by Crippen LogP contribution is -2.17. The zero-order valence-electron chi connectivity index (χ0n) is 31.9. The second-order valence-corrected chi connectivity index (χ2v) is 15.7. The van der Waals surface area contributed by atoms with Crippen molar-refractivity contribution < 1.29 is 4.42 Å². The lowest BCUT2D eigenvalue weighted by Gasteiger charge is -2.30. The largest absolute Gasteiger partial charge is 0.453 e. The van der Waals surface area contributed by atoms with Crippen LogP contribution >= 0.6 is 0 Å². The van der Waals surface area contributed by atoms with Crippen molar-refractivity contribution in [3.05, 3.63) is 211 Å². The van der Waals surface area contributed by atoms with E-state index in [1.54, 1.807) is 0 Å². The van der Waals surface area contributed by atoms with Gasteiger partial charge in [-0.1, -0.05) is 178 Å². The number of fused-ring (bicyclic) bond motifs is 8. The summed E-state index contributed by atoms with van der Waals surface area (Å²) in [5.41, 5.74) is 16.9. The lowest BCUT2D eigenvalue weighted by atomic mass is 9.82. The molecule has 0 radical (unpaired) electrons. The Hall–Kier alpha value is -7.16. The Morgan fingerprint density at radius 2 is 1.02 bits per heavy atom. The highest BCUT2D eigenvalue weighted by molar-refractivity contribution is 6.24. The van der Waals surface area contributed by atoms with Crippen molar-refractivity contribution in [3.63, 3.8) is 0 Å².